The summed E-state index contributed by atoms with van der Waals surface area (Å²) < 4.78 is 34.7. The molecule has 0 aromatic heterocycles. The third-order valence-corrected chi connectivity index (χ3v) is 9.59. The summed E-state index contributed by atoms with van der Waals surface area (Å²) in [4.78, 5) is 30.0. The molecule has 0 radical (unpaired) electrons. The van der Waals surface area contributed by atoms with E-state index >= 15 is 0 Å². The van der Waals surface area contributed by atoms with Crippen LogP contribution in [0.1, 0.15) is 36.1 Å². The predicted molar refractivity (Wildman–Crippen MR) is 182 cm³/mol. The van der Waals surface area contributed by atoms with Crippen LogP contribution in [0.4, 0.5) is 5.69 Å². The summed E-state index contributed by atoms with van der Waals surface area (Å²) in [5.74, 6) is -0.0769. The lowest BCUT2D eigenvalue weighted by atomic mass is 10.0. The van der Waals surface area contributed by atoms with Gasteiger partial charge in [0.15, 0.2) is 0 Å². The van der Waals surface area contributed by atoms with Crippen molar-refractivity contribution in [3.63, 3.8) is 0 Å². The first-order valence-corrected chi connectivity index (χ1v) is 16.8. The molecule has 8 nitrogen and oxygen atoms in total. The van der Waals surface area contributed by atoms with Crippen LogP contribution in [0.2, 0.25) is 0 Å². The van der Waals surface area contributed by atoms with Crippen molar-refractivity contribution in [1.82, 2.24) is 10.2 Å². The molecule has 0 saturated carbocycles. The highest BCUT2D eigenvalue weighted by atomic mass is 32.2. The van der Waals surface area contributed by atoms with Crippen molar-refractivity contribution in [3.8, 4) is 5.75 Å². The Bertz CT molecular complexity index is 1710. The Balaban J connectivity index is 1.80. The molecule has 0 fully saturated rings. The molecular weight excluding hydrogens is 598 g/mol. The average Bonchev–Trinajstić information content (AvgIpc) is 3.05. The van der Waals surface area contributed by atoms with Crippen LogP contribution in [0, 0.1) is 19.8 Å². The minimum absolute atomic E-state index is 0.0163. The fourth-order valence-corrected chi connectivity index (χ4v) is 6.48. The number of sulfonamides is 1. The molecule has 1 unspecified atom stereocenters. The molecule has 1 N–H and O–H groups in total. The average molecular weight is 642 g/mol. The van der Waals surface area contributed by atoms with Crippen LogP contribution in [-0.2, 0) is 32.6 Å². The van der Waals surface area contributed by atoms with Crippen LogP contribution in [0.5, 0.6) is 5.75 Å². The van der Waals surface area contributed by atoms with Gasteiger partial charge in [0, 0.05) is 19.5 Å². The molecule has 242 valence electrons. The number of rotatable bonds is 14. The van der Waals surface area contributed by atoms with Crippen molar-refractivity contribution in [2.45, 2.75) is 51.6 Å². The first kappa shape index (κ1) is 34.2. The molecule has 46 heavy (non-hydrogen) atoms. The van der Waals surface area contributed by atoms with Crippen molar-refractivity contribution in [2.75, 3.05) is 24.5 Å². The Morgan fingerprint density at radius 3 is 2.07 bits per heavy atom. The molecule has 4 rings (SSSR count). The maximum absolute atomic E-state index is 14.6. The van der Waals surface area contributed by atoms with Crippen LogP contribution in [0.25, 0.3) is 0 Å². The van der Waals surface area contributed by atoms with Gasteiger partial charge in [-0.2, -0.15) is 0 Å². The normalized spacial score (nSPS) is 12.0. The Morgan fingerprint density at radius 2 is 1.46 bits per heavy atom. The van der Waals surface area contributed by atoms with Crippen molar-refractivity contribution in [2.24, 2.45) is 5.92 Å². The lowest BCUT2D eigenvalue weighted by Gasteiger charge is -2.34. The minimum Gasteiger partial charge on any atom is -0.497 e. The van der Waals surface area contributed by atoms with Crippen LogP contribution in [0.3, 0.4) is 0 Å². The van der Waals surface area contributed by atoms with Crippen molar-refractivity contribution in [3.05, 3.63) is 125 Å². The van der Waals surface area contributed by atoms with Gasteiger partial charge in [0.25, 0.3) is 10.0 Å². The smallest absolute Gasteiger partial charge is 0.264 e. The summed E-state index contributed by atoms with van der Waals surface area (Å²) in [6.45, 7) is 7.94. The molecule has 0 bridgehead atoms. The van der Waals surface area contributed by atoms with E-state index in [2.05, 4.69) is 5.32 Å². The number of ether oxygens (including phenoxy) is 1. The van der Waals surface area contributed by atoms with E-state index in [1.165, 1.54) is 24.1 Å². The zero-order valence-electron chi connectivity index (χ0n) is 27.1. The van der Waals surface area contributed by atoms with Gasteiger partial charge < -0.3 is 15.0 Å². The van der Waals surface area contributed by atoms with Crippen LogP contribution < -0.4 is 14.4 Å². The molecule has 1 atom stereocenters. The number of aryl methyl sites for hydroxylation is 2. The maximum Gasteiger partial charge on any atom is 0.264 e. The van der Waals surface area contributed by atoms with Gasteiger partial charge in [0.1, 0.15) is 18.3 Å². The summed E-state index contributed by atoms with van der Waals surface area (Å²) in [5, 5.41) is 3.02. The summed E-state index contributed by atoms with van der Waals surface area (Å²) in [7, 11) is -2.69. The lowest BCUT2D eigenvalue weighted by molar-refractivity contribution is -0.140. The van der Waals surface area contributed by atoms with E-state index in [-0.39, 0.29) is 29.7 Å². The SMILES string of the molecule is COc1ccc(S(=O)(=O)N(CC(=O)N(Cc2ccccc2C)C(Cc2ccccc2)C(=O)NCC(C)C)c2ccc(C)cc2)cc1. The second-order valence-electron chi connectivity index (χ2n) is 11.8. The number of methoxy groups -OCH3 is 1. The Hall–Kier alpha value is -4.63. The predicted octanol–water partition coefficient (Wildman–Crippen LogP) is 5.92. The van der Waals surface area contributed by atoms with E-state index in [0.717, 1.165) is 26.6 Å². The third kappa shape index (κ3) is 8.75. The van der Waals surface area contributed by atoms with E-state index in [1.807, 2.05) is 82.3 Å². The fourth-order valence-electron chi connectivity index (χ4n) is 5.06. The molecule has 0 aliphatic carbocycles. The first-order valence-electron chi connectivity index (χ1n) is 15.4. The van der Waals surface area contributed by atoms with E-state index in [9.17, 15) is 18.0 Å². The Kier molecular flexibility index (Phi) is 11.6. The molecule has 0 aliphatic heterocycles. The van der Waals surface area contributed by atoms with Crippen molar-refractivity contribution >= 4 is 27.5 Å². The number of nitrogens with one attached hydrogen (secondary N) is 1. The molecule has 4 aromatic carbocycles. The lowest BCUT2D eigenvalue weighted by Crippen LogP contribution is -2.53. The van der Waals surface area contributed by atoms with E-state index in [4.69, 9.17) is 4.74 Å². The molecule has 0 aliphatic rings. The Labute approximate surface area is 273 Å². The highest BCUT2D eigenvalue weighted by Crippen LogP contribution is 2.27. The van der Waals surface area contributed by atoms with Crippen LogP contribution in [-0.4, -0.2) is 51.4 Å². The van der Waals surface area contributed by atoms with Gasteiger partial charge in [-0.1, -0.05) is 86.1 Å². The second-order valence-corrected chi connectivity index (χ2v) is 13.7. The fraction of sp³-hybridized carbons (Fsp3) is 0.297. The number of amides is 2. The van der Waals surface area contributed by atoms with Gasteiger partial charge in [-0.15, -0.1) is 0 Å². The summed E-state index contributed by atoms with van der Waals surface area (Å²) >= 11 is 0. The topological polar surface area (TPSA) is 96.0 Å². The van der Waals surface area contributed by atoms with Gasteiger partial charge in [-0.25, -0.2) is 8.42 Å². The molecule has 9 heteroatoms. The number of nitrogens with zero attached hydrogens (tertiary/aromatic N) is 2. The van der Waals surface area contributed by atoms with Crippen molar-refractivity contribution < 1.29 is 22.7 Å². The number of hydrogen-bond acceptors (Lipinski definition) is 5. The number of carbonyl (C=O) groups is 2. The molecule has 0 spiro atoms. The summed E-state index contributed by atoms with van der Waals surface area (Å²) in [5.41, 5.74) is 4.00. The van der Waals surface area contributed by atoms with E-state index < -0.39 is 28.5 Å². The second kappa shape index (κ2) is 15.6. The van der Waals surface area contributed by atoms with E-state index in [0.29, 0.717) is 18.0 Å². The quantitative estimate of drug-likeness (QED) is 0.185. The first-order chi connectivity index (χ1) is 22.0. The highest BCUT2D eigenvalue weighted by Gasteiger charge is 2.35. The van der Waals surface area contributed by atoms with E-state index in [1.54, 1.807) is 36.4 Å². The molecule has 0 heterocycles. The standard InChI is InChI=1S/C37H43N3O5S/c1-27(2)24-38-37(42)35(23-30-12-7-6-8-13-30)39(25-31-14-10-9-11-29(31)4)36(41)26-40(32-17-15-28(3)16-18-32)46(43,44)34-21-19-33(45-5)20-22-34/h6-22,27,35H,23-26H2,1-5H3,(H,38,42). The molecule has 4 aromatic rings. The molecule has 0 saturated heterocycles. The van der Waals surface area contributed by atoms with Gasteiger partial charge in [0.05, 0.1) is 17.7 Å². The van der Waals surface area contributed by atoms with Gasteiger partial charge in [0.2, 0.25) is 11.8 Å². The minimum atomic E-state index is -4.20. The van der Waals surface area contributed by atoms with Gasteiger partial charge in [-0.05, 0) is 72.9 Å². The molecule has 2 amide bonds. The number of anilines is 1. The van der Waals surface area contributed by atoms with Gasteiger partial charge >= 0.3 is 0 Å². The Morgan fingerprint density at radius 1 is 0.826 bits per heavy atom. The zero-order valence-corrected chi connectivity index (χ0v) is 28.0. The number of carbonyl (C=O) groups excluding carboxylic acids is 2. The van der Waals surface area contributed by atoms with Crippen molar-refractivity contribution in [1.29, 1.82) is 0 Å². The largest absolute Gasteiger partial charge is 0.497 e. The summed E-state index contributed by atoms with van der Waals surface area (Å²) in [6.07, 6.45) is 0.262. The summed E-state index contributed by atoms with van der Waals surface area (Å²) in [6, 6.07) is 29.4. The zero-order chi connectivity index (χ0) is 33.3. The molecular formula is C37H43N3O5S. The van der Waals surface area contributed by atoms with Crippen LogP contribution in [0.15, 0.2) is 108 Å². The number of hydrogen-bond donors (Lipinski definition) is 1. The highest BCUT2D eigenvalue weighted by molar-refractivity contribution is 7.92. The monoisotopic (exact) mass is 641 g/mol. The van der Waals surface area contributed by atoms with Crippen LogP contribution >= 0.6 is 0 Å². The number of benzene rings is 4. The van der Waals surface area contributed by atoms with Gasteiger partial charge in [-0.3, -0.25) is 13.9 Å². The maximum atomic E-state index is 14.6. The third-order valence-electron chi connectivity index (χ3n) is 7.81.